The van der Waals surface area contributed by atoms with Gasteiger partial charge in [0.05, 0.1) is 11.4 Å². The minimum Gasteiger partial charge on any atom is -0.381 e. The molecule has 0 amide bonds. The van der Waals surface area contributed by atoms with Crippen LogP contribution >= 0.6 is 0 Å². The fraction of sp³-hybridized carbons (Fsp3) is 0.652. The van der Waals surface area contributed by atoms with E-state index < -0.39 is 15.9 Å². The summed E-state index contributed by atoms with van der Waals surface area (Å²) in [5.74, 6) is -0.204. The highest BCUT2D eigenvalue weighted by molar-refractivity contribution is 7.85. The van der Waals surface area contributed by atoms with Crippen LogP contribution in [-0.4, -0.2) is 36.8 Å². The maximum Gasteiger partial charge on any atom is 0.266 e. The number of ketones is 2. The van der Waals surface area contributed by atoms with Gasteiger partial charge < -0.3 is 5.32 Å². The number of nitrogens with one attached hydrogen (secondary N) is 1. The van der Waals surface area contributed by atoms with Crippen molar-refractivity contribution in [2.75, 3.05) is 12.3 Å². The summed E-state index contributed by atoms with van der Waals surface area (Å²) < 4.78 is 30.5. The maximum atomic E-state index is 12.8. The molecule has 2 saturated carbocycles. The van der Waals surface area contributed by atoms with Crippen molar-refractivity contribution in [3.63, 3.8) is 0 Å². The van der Waals surface area contributed by atoms with E-state index in [0.29, 0.717) is 23.8 Å². The molecule has 7 heteroatoms. The smallest absolute Gasteiger partial charge is 0.266 e. The molecule has 0 unspecified atom stereocenters. The molecule has 0 aromatic carbocycles. The first-order chi connectivity index (χ1) is 13.9. The predicted octanol–water partition coefficient (Wildman–Crippen LogP) is 3.61. The van der Waals surface area contributed by atoms with Crippen LogP contribution in [0.3, 0.4) is 0 Å². The van der Waals surface area contributed by atoms with Crippen LogP contribution < -0.4 is 5.32 Å². The van der Waals surface area contributed by atoms with Crippen LogP contribution in [0.1, 0.15) is 59.3 Å². The van der Waals surface area contributed by atoms with Gasteiger partial charge in [-0.15, -0.1) is 0 Å². The van der Waals surface area contributed by atoms with Crippen LogP contribution in [0.25, 0.3) is 0 Å². The molecule has 166 valence electrons. The molecule has 0 radical (unpaired) electrons. The molecule has 0 aromatic heterocycles. The summed E-state index contributed by atoms with van der Waals surface area (Å²) in [6, 6.07) is 0. The molecule has 3 aliphatic rings. The number of carbonyl (C=O) groups excluding carboxylic acids is 2. The largest absolute Gasteiger partial charge is 0.381 e. The van der Waals surface area contributed by atoms with E-state index in [2.05, 4.69) is 32.7 Å². The zero-order valence-corrected chi connectivity index (χ0v) is 19.0. The van der Waals surface area contributed by atoms with Crippen LogP contribution in [0.4, 0.5) is 0 Å². The van der Waals surface area contributed by atoms with Crippen molar-refractivity contribution < 1.29 is 22.6 Å². The molecule has 0 aliphatic heterocycles. The molecular weight excluding hydrogens is 402 g/mol. The summed E-state index contributed by atoms with van der Waals surface area (Å²) in [6.07, 6.45) is 8.73. The van der Waals surface area contributed by atoms with Crippen molar-refractivity contribution in [2.24, 2.45) is 22.7 Å². The third-order valence-corrected chi connectivity index (χ3v) is 8.70. The molecule has 0 aromatic rings. The van der Waals surface area contributed by atoms with Gasteiger partial charge in [0.15, 0.2) is 5.78 Å². The van der Waals surface area contributed by atoms with E-state index in [1.165, 1.54) is 17.7 Å². The van der Waals surface area contributed by atoms with Crippen molar-refractivity contribution in [3.8, 4) is 0 Å². The topological polar surface area (TPSA) is 101 Å². The predicted molar refractivity (Wildman–Crippen MR) is 116 cm³/mol. The number of rotatable bonds is 6. The second-order valence-electron chi connectivity index (χ2n) is 9.76. The highest BCUT2D eigenvalue weighted by atomic mass is 32.2. The third-order valence-electron chi connectivity index (χ3n) is 7.98. The first-order valence-corrected chi connectivity index (χ1v) is 12.4. The maximum absolute atomic E-state index is 12.8. The van der Waals surface area contributed by atoms with Gasteiger partial charge in [-0.2, -0.15) is 8.42 Å². The number of hydrogen-bond donors (Lipinski definition) is 2. The molecule has 2 fully saturated rings. The molecular formula is C23H33NO5S. The summed E-state index contributed by atoms with van der Waals surface area (Å²) in [6.45, 7) is 11.1. The van der Waals surface area contributed by atoms with Gasteiger partial charge in [-0.1, -0.05) is 32.9 Å². The second kappa shape index (κ2) is 8.08. The number of carbonyl (C=O) groups is 2. The summed E-state index contributed by atoms with van der Waals surface area (Å²) in [7, 11) is -4.13. The molecule has 4 atom stereocenters. The number of hydrogen-bond acceptors (Lipinski definition) is 5. The van der Waals surface area contributed by atoms with E-state index >= 15 is 0 Å². The number of fused-ring (bicyclic) bond motifs is 1. The SMILES string of the molecule is C=C1CCC[C@H]2[C@](C)(CC3=CC(=O)C(NCCS(=O)(=O)O)=CC3=O)[C@@H](C)CC[C@]12C. The van der Waals surface area contributed by atoms with Crippen LogP contribution in [0.2, 0.25) is 0 Å². The van der Waals surface area contributed by atoms with Crippen molar-refractivity contribution in [1.82, 2.24) is 5.32 Å². The quantitative estimate of drug-likeness (QED) is 0.375. The normalized spacial score (nSPS) is 34.9. The minimum absolute atomic E-state index is 0.0742. The Labute approximate surface area is 179 Å². The van der Waals surface area contributed by atoms with Crippen LogP contribution in [0.5, 0.6) is 0 Å². The van der Waals surface area contributed by atoms with Crippen LogP contribution in [-0.2, 0) is 19.7 Å². The van der Waals surface area contributed by atoms with Gasteiger partial charge in [0.2, 0.25) is 5.78 Å². The summed E-state index contributed by atoms with van der Waals surface area (Å²) >= 11 is 0. The van der Waals surface area contributed by atoms with E-state index in [0.717, 1.165) is 32.1 Å². The van der Waals surface area contributed by atoms with Gasteiger partial charge in [0.25, 0.3) is 10.1 Å². The summed E-state index contributed by atoms with van der Waals surface area (Å²) in [4.78, 5) is 25.4. The first-order valence-electron chi connectivity index (χ1n) is 10.7. The fourth-order valence-electron chi connectivity index (χ4n) is 5.87. The molecule has 2 N–H and O–H groups in total. The van der Waals surface area contributed by atoms with E-state index in [9.17, 15) is 18.0 Å². The lowest BCUT2D eigenvalue weighted by Gasteiger charge is -2.59. The molecule has 3 rings (SSSR count). The van der Waals surface area contributed by atoms with Gasteiger partial charge in [-0.3, -0.25) is 14.1 Å². The summed E-state index contributed by atoms with van der Waals surface area (Å²) in [5, 5.41) is 2.65. The van der Waals surface area contributed by atoms with Crippen molar-refractivity contribution >= 4 is 21.7 Å². The molecule has 0 bridgehead atoms. The minimum atomic E-state index is -4.13. The third kappa shape index (κ3) is 4.33. The highest BCUT2D eigenvalue weighted by Gasteiger charge is 2.54. The van der Waals surface area contributed by atoms with Crippen LogP contribution in [0, 0.1) is 22.7 Å². The van der Waals surface area contributed by atoms with E-state index in [4.69, 9.17) is 4.55 Å². The zero-order valence-electron chi connectivity index (χ0n) is 18.2. The van der Waals surface area contributed by atoms with Crippen molar-refractivity contribution in [1.29, 1.82) is 0 Å². The van der Waals surface area contributed by atoms with Gasteiger partial charge >= 0.3 is 0 Å². The van der Waals surface area contributed by atoms with Gasteiger partial charge in [-0.25, -0.2) is 0 Å². The average molecular weight is 436 g/mol. The zero-order chi connectivity index (χ0) is 22.3. The fourth-order valence-corrected chi connectivity index (χ4v) is 6.23. The standard InChI is InChI=1S/C23H33NO5S/c1-15-6-5-7-21-22(15,3)9-8-16(2)23(21,4)14-17-12-20(26)18(13-19(17)25)24-10-11-30(27,28)29/h12-13,16,21,24H,1,5-11,14H2,2-4H3,(H,27,28,29)/t16-,21+,22+,23+/m0/s1. The molecule has 0 saturated heterocycles. The Kier molecular flexibility index (Phi) is 6.18. The Morgan fingerprint density at radius 2 is 1.90 bits per heavy atom. The Bertz CT molecular complexity index is 931. The Hall–Kier alpha value is -1.73. The average Bonchev–Trinajstić information content (AvgIpc) is 2.64. The van der Waals surface area contributed by atoms with Gasteiger partial charge in [-0.05, 0) is 67.3 Å². The molecule has 6 nitrogen and oxygen atoms in total. The first kappa shape index (κ1) is 22.9. The van der Waals surface area contributed by atoms with Gasteiger partial charge in [0, 0.05) is 18.2 Å². The summed E-state index contributed by atoms with van der Waals surface area (Å²) in [5.41, 5.74) is 1.91. The highest BCUT2D eigenvalue weighted by Crippen LogP contribution is 2.63. The lowest BCUT2D eigenvalue weighted by molar-refractivity contribution is -0.116. The lowest BCUT2D eigenvalue weighted by Crippen LogP contribution is -2.50. The molecule has 3 aliphatic carbocycles. The Balaban J connectivity index is 1.78. The lowest BCUT2D eigenvalue weighted by atomic mass is 9.46. The van der Waals surface area contributed by atoms with Crippen molar-refractivity contribution in [3.05, 3.63) is 35.6 Å². The van der Waals surface area contributed by atoms with E-state index in [1.807, 2.05) is 0 Å². The van der Waals surface area contributed by atoms with Crippen LogP contribution in [0.15, 0.2) is 35.6 Å². The molecule has 0 spiro atoms. The number of allylic oxidation sites excluding steroid dienone is 4. The molecule has 0 heterocycles. The van der Waals surface area contributed by atoms with Gasteiger partial charge in [0.1, 0.15) is 0 Å². The second-order valence-corrected chi connectivity index (χ2v) is 11.3. The van der Waals surface area contributed by atoms with Crippen molar-refractivity contribution in [2.45, 2.75) is 59.3 Å². The Morgan fingerprint density at radius 3 is 2.57 bits per heavy atom. The Morgan fingerprint density at radius 1 is 1.20 bits per heavy atom. The monoisotopic (exact) mass is 435 g/mol. The van der Waals surface area contributed by atoms with E-state index in [1.54, 1.807) is 0 Å². The molecule has 30 heavy (non-hydrogen) atoms. The van der Waals surface area contributed by atoms with E-state index in [-0.39, 0.29) is 34.6 Å².